The highest BCUT2D eigenvalue weighted by Crippen LogP contribution is 2.25. The van der Waals surface area contributed by atoms with E-state index in [4.69, 9.17) is 4.74 Å². The van der Waals surface area contributed by atoms with Crippen LogP contribution in [0.5, 0.6) is 0 Å². The van der Waals surface area contributed by atoms with Gasteiger partial charge in [-0.1, -0.05) is 26.0 Å². The fourth-order valence-corrected chi connectivity index (χ4v) is 2.51. The molecule has 0 saturated carbocycles. The van der Waals surface area contributed by atoms with Gasteiger partial charge in [0.15, 0.2) is 6.61 Å². The molecule has 0 bridgehead atoms. The number of hydrogen-bond donors (Lipinski definition) is 1. The lowest BCUT2D eigenvalue weighted by molar-refractivity contribution is -0.142. The van der Waals surface area contributed by atoms with Crippen molar-refractivity contribution in [2.45, 2.75) is 53.5 Å². The second kappa shape index (κ2) is 8.79. The molecule has 7 heteroatoms. The number of aryl methyl sites for hydroxylation is 2. The van der Waals surface area contributed by atoms with E-state index in [-0.39, 0.29) is 48.9 Å². The van der Waals surface area contributed by atoms with Crippen LogP contribution in [0.2, 0.25) is 0 Å². The van der Waals surface area contributed by atoms with E-state index in [1.807, 2.05) is 52.8 Å². The van der Waals surface area contributed by atoms with Gasteiger partial charge in [0.25, 0.3) is 5.91 Å². The van der Waals surface area contributed by atoms with Crippen LogP contribution in [0.3, 0.4) is 0 Å². The monoisotopic (exact) mass is 373 g/mol. The van der Waals surface area contributed by atoms with Gasteiger partial charge in [0, 0.05) is 18.9 Å². The van der Waals surface area contributed by atoms with Crippen molar-refractivity contribution in [1.29, 1.82) is 0 Å². The molecule has 1 aliphatic rings. The Morgan fingerprint density at radius 2 is 1.93 bits per heavy atom. The first-order valence-electron chi connectivity index (χ1n) is 9.13. The standard InChI is InChI=1S/C20H27N3O4/c1-12(2)15(5)21-18(24)11-27-20(26)16-8-9-19(25)23(22-16)17-10-13(3)6-7-14(17)4/h6-7,10,12,15H,8-9,11H2,1-5H3,(H,21,24). The van der Waals surface area contributed by atoms with E-state index in [1.165, 1.54) is 5.01 Å². The number of hydrazone groups is 1. The van der Waals surface area contributed by atoms with Crippen molar-refractivity contribution in [3.63, 3.8) is 0 Å². The Balaban J connectivity index is 2.06. The van der Waals surface area contributed by atoms with E-state index < -0.39 is 5.97 Å². The van der Waals surface area contributed by atoms with Crippen LogP contribution < -0.4 is 10.3 Å². The lowest BCUT2D eigenvalue weighted by Crippen LogP contribution is -2.40. The molecular weight excluding hydrogens is 346 g/mol. The predicted molar refractivity (Wildman–Crippen MR) is 103 cm³/mol. The molecule has 1 aliphatic heterocycles. The summed E-state index contributed by atoms with van der Waals surface area (Å²) >= 11 is 0. The molecule has 7 nitrogen and oxygen atoms in total. The lowest BCUT2D eigenvalue weighted by Gasteiger charge is -2.24. The second-order valence-electron chi connectivity index (χ2n) is 7.22. The quantitative estimate of drug-likeness (QED) is 0.776. The zero-order chi connectivity index (χ0) is 20.1. The smallest absolute Gasteiger partial charge is 0.355 e. The predicted octanol–water partition coefficient (Wildman–Crippen LogP) is 2.49. The van der Waals surface area contributed by atoms with Gasteiger partial charge < -0.3 is 10.1 Å². The largest absolute Gasteiger partial charge is 0.451 e. The van der Waals surface area contributed by atoms with E-state index in [9.17, 15) is 14.4 Å². The third-order valence-corrected chi connectivity index (χ3v) is 4.58. The maximum absolute atomic E-state index is 12.3. The van der Waals surface area contributed by atoms with Crippen LogP contribution in [0.4, 0.5) is 5.69 Å². The zero-order valence-electron chi connectivity index (χ0n) is 16.5. The van der Waals surface area contributed by atoms with E-state index in [0.29, 0.717) is 5.69 Å². The average molecular weight is 373 g/mol. The summed E-state index contributed by atoms with van der Waals surface area (Å²) in [7, 11) is 0. The summed E-state index contributed by atoms with van der Waals surface area (Å²) < 4.78 is 5.08. The Morgan fingerprint density at radius 1 is 1.22 bits per heavy atom. The van der Waals surface area contributed by atoms with Crippen LogP contribution in [-0.2, 0) is 19.1 Å². The molecule has 0 fully saturated rings. The van der Waals surface area contributed by atoms with Gasteiger partial charge in [-0.05, 0) is 43.9 Å². The number of hydrogen-bond acceptors (Lipinski definition) is 5. The van der Waals surface area contributed by atoms with Crippen molar-refractivity contribution in [3.05, 3.63) is 29.3 Å². The highest BCUT2D eigenvalue weighted by Gasteiger charge is 2.27. The van der Waals surface area contributed by atoms with Gasteiger partial charge in [0.1, 0.15) is 5.71 Å². The highest BCUT2D eigenvalue weighted by molar-refractivity contribution is 6.38. The van der Waals surface area contributed by atoms with Crippen LogP contribution in [0.15, 0.2) is 23.3 Å². The number of anilines is 1. The average Bonchev–Trinajstić information content (AvgIpc) is 2.62. The molecule has 27 heavy (non-hydrogen) atoms. The SMILES string of the molecule is Cc1ccc(C)c(N2N=C(C(=O)OCC(=O)NC(C)C(C)C)CCC2=O)c1. The molecule has 146 valence electrons. The van der Waals surface area contributed by atoms with Gasteiger partial charge in [-0.15, -0.1) is 0 Å². The van der Waals surface area contributed by atoms with E-state index in [0.717, 1.165) is 11.1 Å². The van der Waals surface area contributed by atoms with E-state index >= 15 is 0 Å². The lowest BCUT2D eigenvalue weighted by atomic mass is 10.1. The zero-order valence-corrected chi connectivity index (χ0v) is 16.5. The van der Waals surface area contributed by atoms with Crippen molar-refractivity contribution in [2.75, 3.05) is 11.6 Å². The number of nitrogens with zero attached hydrogens (tertiary/aromatic N) is 2. The Bertz CT molecular complexity index is 770. The van der Waals surface area contributed by atoms with Crippen molar-refractivity contribution < 1.29 is 19.1 Å². The molecule has 1 heterocycles. The summed E-state index contributed by atoms with van der Waals surface area (Å²) in [6.07, 6.45) is 0.362. The minimum Gasteiger partial charge on any atom is -0.451 e. The van der Waals surface area contributed by atoms with Crippen LogP contribution in [0.1, 0.15) is 44.7 Å². The number of amides is 2. The van der Waals surface area contributed by atoms with Gasteiger partial charge in [-0.3, -0.25) is 9.59 Å². The number of rotatable bonds is 6. The number of esters is 1. The van der Waals surface area contributed by atoms with E-state index in [1.54, 1.807) is 0 Å². The van der Waals surface area contributed by atoms with Crippen LogP contribution in [-0.4, -0.2) is 36.1 Å². The third kappa shape index (κ3) is 5.39. The van der Waals surface area contributed by atoms with Crippen LogP contribution in [0, 0.1) is 19.8 Å². The summed E-state index contributed by atoms with van der Waals surface area (Å²) in [5.41, 5.74) is 2.66. The fourth-order valence-electron chi connectivity index (χ4n) is 2.51. The minimum absolute atomic E-state index is 0.0133. The molecule has 1 unspecified atom stereocenters. The first-order chi connectivity index (χ1) is 12.7. The first-order valence-corrected chi connectivity index (χ1v) is 9.13. The molecule has 0 spiro atoms. The van der Waals surface area contributed by atoms with Gasteiger partial charge >= 0.3 is 5.97 Å². The van der Waals surface area contributed by atoms with Gasteiger partial charge in [-0.2, -0.15) is 10.1 Å². The number of nitrogens with one attached hydrogen (secondary N) is 1. The summed E-state index contributed by atoms with van der Waals surface area (Å²) in [6.45, 7) is 9.31. The summed E-state index contributed by atoms with van der Waals surface area (Å²) in [5.74, 6) is -0.929. The topological polar surface area (TPSA) is 88.1 Å². The molecule has 1 aromatic carbocycles. The molecule has 2 amide bonds. The minimum atomic E-state index is -0.676. The summed E-state index contributed by atoms with van der Waals surface area (Å²) in [6, 6.07) is 5.69. The normalized spacial score (nSPS) is 15.4. The Kier molecular flexibility index (Phi) is 6.71. The molecule has 0 saturated heterocycles. The van der Waals surface area contributed by atoms with Crippen LogP contribution in [0.25, 0.3) is 0 Å². The molecule has 0 aliphatic carbocycles. The number of carbonyl (C=O) groups excluding carboxylic acids is 3. The van der Waals surface area contributed by atoms with Crippen molar-refractivity contribution in [1.82, 2.24) is 5.32 Å². The highest BCUT2D eigenvalue weighted by atomic mass is 16.5. The van der Waals surface area contributed by atoms with E-state index in [2.05, 4.69) is 10.4 Å². The Morgan fingerprint density at radius 3 is 2.59 bits per heavy atom. The maximum atomic E-state index is 12.3. The van der Waals surface area contributed by atoms with Crippen molar-refractivity contribution in [2.24, 2.45) is 11.0 Å². The summed E-state index contributed by atoms with van der Waals surface area (Å²) in [5, 5.41) is 8.22. The second-order valence-corrected chi connectivity index (χ2v) is 7.22. The van der Waals surface area contributed by atoms with Crippen molar-refractivity contribution in [3.8, 4) is 0 Å². The Hall–Kier alpha value is -2.70. The molecule has 0 radical (unpaired) electrons. The molecule has 0 aromatic heterocycles. The number of carbonyl (C=O) groups is 3. The third-order valence-electron chi connectivity index (χ3n) is 4.58. The van der Waals surface area contributed by atoms with Gasteiger partial charge in [0.2, 0.25) is 5.91 Å². The fraction of sp³-hybridized carbons (Fsp3) is 0.500. The van der Waals surface area contributed by atoms with Crippen LogP contribution >= 0.6 is 0 Å². The molecule has 1 N–H and O–H groups in total. The van der Waals surface area contributed by atoms with Crippen molar-refractivity contribution >= 4 is 29.2 Å². The number of ether oxygens (including phenoxy) is 1. The molecule has 2 rings (SSSR count). The Labute approximate surface area is 159 Å². The first kappa shape index (κ1) is 20.6. The molecule has 1 aromatic rings. The maximum Gasteiger partial charge on any atom is 0.355 e. The summed E-state index contributed by atoms with van der Waals surface area (Å²) in [4.78, 5) is 36.4. The number of benzene rings is 1. The molecule has 1 atom stereocenters. The van der Waals surface area contributed by atoms with Gasteiger partial charge in [-0.25, -0.2) is 4.79 Å². The molecular formula is C20H27N3O4. The van der Waals surface area contributed by atoms with Gasteiger partial charge in [0.05, 0.1) is 5.69 Å².